The molecule has 1 aromatic heterocycles. The largest absolute Gasteiger partial charge is 0.369 e. The summed E-state index contributed by atoms with van der Waals surface area (Å²) in [4.78, 5) is 6.51. The summed E-state index contributed by atoms with van der Waals surface area (Å²) in [7, 11) is 2.10. The van der Waals surface area contributed by atoms with Gasteiger partial charge in [-0.1, -0.05) is 13.0 Å². The van der Waals surface area contributed by atoms with Gasteiger partial charge in [-0.15, -0.1) is 0 Å². The zero-order valence-electron chi connectivity index (χ0n) is 9.53. The predicted molar refractivity (Wildman–Crippen MR) is 63.8 cm³/mol. The molecule has 15 heavy (non-hydrogen) atoms. The van der Waals surface area contributed by atoms with Crippen LogP contribution in [0, 0.1) is 0 Å². The minimum absolute atomic E-state index is 0.547. The summed E-state index contributed by atoms with van der Waals surface area (Å²) in [5, 5.41) is 3.27. The third-order valence-electron chi connectivity index (χ3n) is 2.40. The highest BCUT2D eigenvalue weighted by atomic mass is 15.1. The summed E-state index contributed by atoms with van der Waals surface area (Å²) in [6.45, 7) is 5.71. The molecule has 0 bridgehead atoms. The first-order valence-electron chi connectivity index (χ1n) is 5.33. The number of nitrogens with one attached hydrogen (secondary N) is 1. The van der Waals surface area contributed by atoms with Crippen LogP contribution in [0.25, 0.3) is 0 Å². The standard InChI is InChI=1S/C11H20N4/c1-3-15(2)7-6-13-11-5-4-10(8-12)9-14-11/h4-5,9H,3,6-8,12H2,1-2H3,(H,13,14). The van der Waals surface area contributed by atoms with Crippen LogP contribution in [-0.2, 0) is 6.54 Å². The van der Waals surface area contributed by atoms with E-state index in [2.05, 4.69) is 29.2 Å². The van der Waals surface area contributed by atoms with Gasteiger partial charge in [-0.2, -0.15) is 0 Å². The van der Waals surface area contributed by atoms with Gasteiger partial charge in [0.15, 0.2) is 0 Å². The summed E-state index contributed by atoms with van der Waals surface area (Å²) < 4.78 is 0. The molecule has 4 nitrogen and oxygen atoms in total. The lowest BCUT2D eigenvalue weighted by atomic mass is 10.3. The number of hydrogen-bond donors (Lipinski definition) is 2. The summed E-state index contributed by atoms with van der Waals surface area (Å²) in [6, 6.07) is 3.97. The number of nitrogens with zero attached hydrogens (tertiary/aromatic N) is 2. The fourth-order valence-electron chi connectivity index (χ4n) is 1.18. The minimum Gasteiger partial charge on any atom is -0.369 e. The molecule has 0 amide bonds. The van der Waals surface area contributed by atoms with E-state index < -0.39 is 0 Å². The Balaban J connectivity index is 2.31. The van der Waals surface area contributed by atoms with E-state index >= 15 is 0 Å². The fourth-order valence-corrected chi connectivity index (χ4v) is 1.18. The number of hydrogen-bond acceptors (Lipinski definition) is 4. The van der Waals surface area contributed by atoms with Crippen LogP contribution in [0.2, 0.25) is 0 Å². The van der Waals surface area contributed by atoms with Gasteiger partial charge in [0.05, 0.1) is 0 Å². The summed E-state index contributed by atoms with van der Waals surface area (Å²) in [5.74, 6) is 0.914. The first kappa shape index (κ1) is 11.9. The Kier molecular flexibility index (Phi) is 5.07. The second-order valence-corrected chi connectivity index (χ2v) is 3.58. The van der Waals surface area contributed by atoms with E-state index in [1.165, 1.54) is 0 Å². The lowest BCUT2D eigenvalue weighted by Crippen LogP contribution is -2.24. The Morgan fingerprint density at radius 3 is 2.80 bits per heavy atom. The predicted octanol–water partition coefficient (Wildman–Crippen LogP) is 0.904. The molecule has 1 rings (SSSR count). The molecule has 0 spiro atoms. The van der Waals surface area contributed by atoms with Gasteiger partial charge in [0, 0.05) is 25.8 Å². The maximum atomic E-state index is 5.49. The van der Waals surface area contributed by atoms with Gasteiger partial charge in [0.1, 0.15) is 5.82 Å². The zero-order valence-corrected chi connectivity index (χ0v) is 9.53. The van der Waals surface area contributed by atoms with Crippen molar-refractivity contribution in [1.82, 2.24) is 9.88 Å². The van der Waals surface area contributed by atoms with Gasteiger partial charge in [-0.25, -0.2) is 4.98 Å². The number of pyridine rings is 1. The van der Waals surface area contributed by atoms with Crippen LogP contribution in [0.15, 0.2) is 18.3 Å². The Bertz CT molecular complexity index is 270. The SMILES string of the molecule is CCN(C)CCNc1ccc(CN)cn1. The molecule has 0 aromatic carbocycles. The van der Waals surface area contributed by atoms with E-state index in [-0.39, 0.29) is 0 Å². The van der Waals surface area contributed by atoms with Gasteiger partial charge in [0.2, 0.25) is 0 Å². The number of likely N-dealkylation sites (N-methyl/N-ethyl adjacent to an activating group) is 1. The van der Waals surface area contributed by atoms with Crippen LogP contribution in [0.5, 0.6) is 0 Å². The topological polar surface area (TPSA) is 54.2 Å². The Labute approximate surface area is 91.5 Å². The third-order valence-corrected chi connectivity index (χ3v) is 2.40. The summed E-state index contributed by atoms with van der Waals surface area (Å²) in [6.07, 6.45) is 1.81. The molecule has 84 valence electrons. The maximum Gasteiger partial charge on any atom is 0.125 e. The van der Waals surface area contributed by atoms with E-state index in [1.807, 2.05) is 18.3 Å². The van der Waals surface area contributed by atoms with Crippen molar-refractivity contribution in [2.24, 2.45) is 5.73 Å². The van der Waals surface area contributed by atoms with Gasteiger partial charge in [-0.3, -0.25) is 0 Å². The first-order chi connectivity index (χ1) is 7.26. The highest BCUT2D eigenvalue weighted by molar-refractivity contribution is 5.35. The molecule has 0 fully saturated rings. The number of rotatable bonds is 6. The fraction of sp³-hybridized carbons (Fsp3) is 0.545. The van der Waals surface area contributed by atoms with Crippen molar-refractivity contribution in [1.29, 1.82) is 0 Å². The molecule has 1 heterocycles. The van der Waals surface area contributed by atoms with Gasteiger partial charge in [-0.05, 0) is 25.2 Å². The highest BCUT2D eigenvalue weighted by Crippen LogP contribution is 2.03. The summed E-state index contributed by atoms with van der Waals surface area (Å²) in [5.41, 5.74) is 6.55. The van der Waals surface area contributed by atoms with E-state index in [0.29, 0.717) is 6.54 Å². The molecule has 0 aliphatic carbocycles. The molecule has 0 saturated carbocycles. The van der Waals surface area contributed by atoms with Crippen molar-refractivity contribution in [2.75, 3.05) is 32.0 Å². The Morgan fingerprint density at radius 1 is 1.47 bits per heavy atom. The van der Waals surface area contributed by atoms with Crippen LogP contribution in [-0.4, -0.2) is 36.6 Å². The smallest absolute Gasteiger partial charge is 0.125 e. The molecule has 0 atom stereocenters. The quantitative estimate of drug-likeness (QED) is 0.729. The number of nitrogens with two attached hydrogens (primary N) is 1. The monoisotopic (exact) mass is 208 g/mol. The highest BCUT2D eigenvalue weighted by Gasteiger charge is 1.96. The summed E-state index contributed by atoms with van der Waals surface area (Å²) >= 11 is 0. The Morgan fingerprint density at radius 2 is 2.27 bits per heavy atom. The lowest BCUT2D eigenvalue weighted by Gasteiger charge is -2.14. The lowest BCUT2D eigenvalue weighted by molar-refractivity contribution is 0.367. The molecule has 0 aliphatic heterocycles. The van der Waals surface area contributed by atoms with Crippen molar-refractivity contribution in [3.63, 3.8) is 0 Å². The molecule has 4 heteroatoms. The average Bonchev–Trinajstić information content (AvgIpc) is 2.29. The van der Waals surface area contributed by atoms with Crippen LogP contribution in [0.1, 0.15) is 12.5 Å². The number of aromatic nitrogens is 1. The molecule has 0 radical (unpaired) electrons. The maximum absolute atomic E-state index is 5.49. The molecule has 0 unspecified atom stereocenters. The van der Waals surface area contributed by atoms with E-state index in [1.54, 1.807) is 0 Å². The minimum atomic E-state index is 0.547. The second kappa shape index (κ2) is 6.37. The van der Waals surface area contributed by atoms with Gasteiger partial charge < -0.3 is 16.0 Å². The van der Waals surface area contributed by atoms with Crippen LogP contribution < -0.4 is 11.1 Å². The Hall–Kier alpha value is -1.13. The van der Waals surface area contributed by atoms with Gasteiger partial charge >= 0.3 is 0 Å². The average molecular weight is 208 g/mol. The zero-order chi connectivity index (χ0) is 11.1. The van der Waals surface area contributed by atoms with Crippen molar-refractivity contribution < 1.29 is 0 Å². The molecule has 3 N–H and O–H groups in total. The third kappa shape index (κ3) is 4.27. The van der Waals surface area contributed by atoms with Crippen LogP contribution in [0.3, 0.4) is 0 Å². The van der Waals surface area contributed by atoms with E-state index in [0.717, 1.165) is 31.0 Å². The normalized spacial score (nSPS) is 10.7. The molecular weight excluding hydrogens is 188 g/mol. The van der Waals surface area contributed by atoms with Gasteiger partial charge in [0.25, 0.3) is 0 Å². The second-order valence-electron chi connectivity index (χ2n) is 3.58. The van der Waals surface area contributed by atoms with Crippen LogP contribution in [0.4, 0.5) is 5.82 Å². The van der Waals surface area contributed by atoms with E-state index in [9.17, 15) is 0 Å². The molecule has 0 saturated heterocycles. The molecule has 1 aromatic rings. The van der Waals surface area contributed by atoms with Crippen LogP contribution >= 0.6 is 0 Å². The molecule has 0 aliphatic rings. The van der Waals surface area contributed by atoms with Crippen molar-refractivity contribution in [3.05, 3.63) is 23.9 Å². The van der Waals surface area contributed by atoms with Crippen molar-refractivity contribution in [3.8, 4) is 0 Å². The molecular formula is C11H20N4. The first-order valence-corrected chi connectivity index (χ1v) is 5.33. The van der Waals surface area contributed by atoms with Crippen molar-refractivity contribution >= 4 is 5.82 Å². The van der Waals surface area contributed by atoms with Crippen molar-refractivity contribution in [2.45, 2.75) is 13.5 Å². The number of anilines is 1. The van der Waals surface area contributed by atoms with E-state index in [4.69, 9.17) is 5.73 Å².